The zero-order chi connectivity index (χ0) is 14.8. The highest BCUT2D eigenvalue weighted by Gasteiger charge is 2.18. The average molecular weight is 306 g/mol. The Morgan fingerprint density at radius 3 is 2.37 bits per heavy atom. The predicted octanol–water partition coefficient (Wildman–Crippen LogP) is 1.74. The van der Waals surface area contributed by atoms with Crippen LogP contribution in [0.5, 0.6) is 5.75 Å². The van der Waals surface area contributed by atoms with Crippen LogP contribution in [0.4, 0.5) is 0 Å². The summed E-state index contributed by atoms with van der Waals surface area (Å²) in [6, 6.07) is 2.99. The summed E-state index contributed by atoms with van der Waals surface area (Å²) in [5.74, 6) is 0.198. The largest absolute Gasteiger partial charge is 0.481 e. The number of benzene rings is 1. The number of hydrogen-bond donors (Lipinski definition) is 1. The summed E-state index contributed by atoms with van der Waals surface area (Å²) in [5.41, 5.74) is 1.07. The Hall–Kier alpha value is -1.27. The van der Waals surface area contributed by atoms with Crippen LogP contribution in [0.25, 0.3) is 0 Å². The minimum absolute atomic E-state index is 0.0478. The minimum atomic E-state index is -3.78. The van der Waals surface area contributed by atoms with Crippen molar-refractivity contribution in [1.82, 2.24) is 5.32 Å². The molecule has 0 aliphatic rings. The lowest BCUT2D eigenvalue weighted by molar-refractivity contribution is -0.126. The molecule has 106 valence electrons. The maximum Gasteiger partial charge on any atom is 0.261 e. The molecule has 1 unspecified atom stereocenters. The molecule has 0 heterocycles. The highest BCUT2D eigenvalue weighted by molar-refractivity contribution is 8.13. The predicted molar refractivity (Wildman–Crippen MR) is 73.1 cm³/mol. The topological polar surface area (TPSA) is 72.5 Å². The molecule has 19 heavy (non-hydrogen) atoms. The van der Waals surface area contributed by atoms with E-state index < -0.39 is 15.2 Å². The summed E-state index contributed by atoms with van der Waals surface area (Å²) < 4.78 is 28.2. The minimum Gasteiger partial charge on any atom is -0.481 e. The molecule has 1 atom stereocenters. The molecule has 1 aromatic rings. The van der Waals surface area contributed by atoms with E-state index >= 15 is 0 Å². The lowest BCUT2D eigenvalue weighted by Crippen LogP contribution is -2.33. The van der Waals surface area contributed by atoms with Gasteiger partial charge in [0.25, 0.3) is 15.0 Å². The monoisotopic (exact) mass is 305 g/mol. The third-order valence-electron chi connectivity index (χ3n) is 2.65. The molecule has 0 radical (unpaired) electrons. The van der Waals surface area contributed by atoms with Crippen molar-refractivity contribution in [3.8, 4) is 5.75 Å². The van der Waals surface area contributed by atoms with Crippen molar-refractivity contribution in [2.45, 2.75) is 31.8 Å². The molecule has 0 aliphatic carbocycles. The lowest BCUT2D eigenvalue weighted by Gasteiger charge is -2.16. The van der Waals surface area contributed by atoms with Crippen molar-refractivity contribution in [2.75, 3.05) is 7.05 Å². The standard InChI is InChI=1S/C12H16ClNO4S/c1-7-6-11(19(13,16)17)8(2)5-10(7)18-9(3)12(15)14-4/h5-6,9H,1-4H3,(H,14,15). The van der Waals surface area contributed by atoms with Gasteiger partial charge >= 0.3 is 0 Å². The van der Waals surface area contributed by atoms with Gasteiger partial charge in [0.1, 0.15) is 5.75 Å². The molecule has 0 spiro atoms. The second-order valence-corrected chi connectivity index (χ2v) is 6.73. The molecular formula is C12H16ClNO4S. The third kappa shape index (κ3) is 3.84. The van der Waals surface area contributed by atoms with Gasteiger partial charge in [0.15, 0.2) is 6.10 Å². The second-order valence-electron chi connectivity index (χ2n) is 4.20. The molecule has 1 rings (SSSR count). The molecule has 7 heteroatoms. The van der Waals surface area contributed by atoms with Gasteiger partial charge in [-0.05, 0) is 44.0 Å². The molecule has 0 aromatic heterocycles. The molecule has 0 aliphatic heterocycles. The number of nitrogens with one attached hydrogen (secondary N) is 1. The van der Waals surface area contributed by atoms with Crippen molar-refractivity contribution >= 4 is 25.6 Å². The Labute approximate surface area is 117 Å². The summed E-state index contributed by atoms with van der Waals surface area (Å²) in [6.07, 6.45) is -0.665. The Bertz CT molecular complexity index is 598. The van der Waals surface area contributed by atoms with Crippen LogP contribution in [0.1, 0.15) is 18.1 Å². The first kappa shape index (κ1) is 15.8. The highest BCUT2D eigenvalue weighted by atomic mass is 35.7. The van der Waals surface area contributed by atoms with Gasteiger partial charge in [-0.2, -0.15) is 0 Å². The van der Waals surface area contributed by atoms with E-state index in [0.29, 0.717) is 16.9 Å². The number of hydrogen-bond acceptors (Lipinski definition) is 4. The number of likely N-dealkylation sites (N-methyl/N-ethyl adjacent to an activating group) is 1. The smallest absolute Gasteiger partial charge is 0.261 e. The summed E-state index contributed by atoms with van der Waals surface area (Å²) in [5, 5.41) is 2.47. The van der Waals surface area contributed by atoms with E-state index in [9.17, 15) is 13.2 Å². The van der Waals surface area contributed by atoms with Crippen LogP contribution in [0, 0.1) is 13.8 Å². The van der Waals surface area contributed by atoms with Crippen LogP contribution in [0.2, 0.25) is 0 Å². The van der Waals surface area contributed by atoms with E-state index in [0.717, 1.165) is 0 Å². The van der Waals surface area contributed by atoms with E-state index in [-0.39, 0.29) is 10.8 Å². The van der Waals surface area contributed by atoms with Crippen LogP contribution in [-0.2, 0) is 13.8 Å². The number of carbonyl (C=O) groups excluding carboxylic acids is 1. The average Bonchev–Trinajstić information content (AvgIpc) is 2.30. The summed E-state index contributed by atoms with van der Waals surface area (Å²) in [6.45, 7) is 4.92. The number of rotatable bonds is 4. The van der Waals surface area contributed by atoms with Crippen molar-refractivity contribution in [3.05, 3.63) is 23.3 Å². The molecule has 0 saturated heterocycles. The van der Waals surface area contributed by atoms with Crippen molar-refractivity contribution in [2.24, 2.45) is 0 Å². The number of ether oxygens (including phenoxy) is 1. The quantitative estimate of drug-likeness (QED) is 0.860. The fraction of sp³-hybridized carbons (Fsp3) is 0.417. The van der Waals surface area contributed by atoms with Gasteiger partial charge in [-0.25, -0.2) is 8.42 Å². The first-order chi connectivity index (χ1) is 8.66. The molecule has 1 aromatic carbocycles. The second kappa shape index (κ2) is 5.79. The Balaban J connectivity index is 3.13. The van der Waals surface area contributed by atoms with Gasteiger partial charge in [-0.15, -0.1) is 0 Å². The van der Waals surface area contributed by atoms with Crippen molar-refractivity contribution < 1.29 is 17.9 Å². The van der Waals surface area contributed by atoms with Crippen LogP contribution in [0.15, 0.2) is 17.0 Å². The maximum atomic E-state index is 11.4. The van der Waals surface area contributed by atoms with Crippen molar-refractivity contribution in [1.29, 1.82) is 0 Å². The number of carbonyl (C=O) groups is 1. The van der Waals surface area contributed by atoms with E-state index in [2.05, 4.69) is 5.32 Å². The Morgan fingerprint density at radius 2 is 1.89 bits per heavy atom. The van der Waals surface area contributed by atoms with Gasteiger partial charge in [0.05, 0.1) is 4.90 Å². The normalized spacial score (nSPS) is 12.9. The summed E-state index contributed by atoms with van der Waals surface area (Å²) in [4.78, 5) is 11.4. The van der Waals surface area contributed by atoms with E-state index in [1.54, 1.807) is 26.8 Å². The molecule has 0 fully saturated rings. The first-order valence-corrected chi connectivity index (χ1v) is 7.92. The first-order valence-electron chi connectivity index (χ1n) is 5.61. The number of amides is 1. The highest BCUT2D eigenvalue weighted by Crippen LogP contribution is 2.28. The van der Waals surface area contributed by atoms with Crippen molar-refractivity contribution in [3.63, 3.8) is 0 Å². The molecule has 5 nitrogen and oxygen atoms in total. The molecule has 0 saturated carbocycles. The molecular weight excluding hydrogens is 290 g/mol. The van der Waals surface area contributed by atoms with Crippen LogP contribution in [0.3, 0.4) is 0 Å². The van der Waals surface area contributed by atoms with Crippen LogP contribution in [-0.4, -0.2) is 27.5 Å². The summed E-state index contributed by atoms with van der Waals surface area (Å²) >= 11 is 0. The van der Waals surface area contributed by atoms with Gasteiger partial charge < -0.3 is 10.1 Å². The SMILES string of the molecule is CNC(=O)C(C)Oc1cc(C)c(S(=O)(=O)Cl)cc1C. The van der Waals surface area contributed by atoms with Crippen LogP contribution < -0.4 is 10.1 Å². The molecule has 1 N–H and O–H groups in total. The van der Waals surface area contributed by atoms with Gasteiger partial charge in [0.2, 0.25) is 0 Å². The van der Waals surface area contributed by atoms with Crippen LogP contribution >= 0.6 is 10.7 Å². The fourth-order valence-electron chi connectivity index (χ4n) is 1.60. The van der Waals surface area contributed by atoms with E-state index in [1.807, 2.05) is 0 Å². The van der Waals surface area contributed by atoms with Gasteiger partial charge in [-0.1, -0.05) is 0 Å². The number of aryl methyl sites for hydroxylation is 2. The third-order valence-corrected chi connectivity index (χ3v) is 4.12. The zero-order valence-electron chi connectivity index (χ0n) is 11.2. The Kier molecular flexibility index (Phi) is 4.81. The molecule has 1 amide bonds. The maximum absolute atomic E-state index is 11.4. The summed E-state index contributed by atoms with van der Waals surface area (Å²) in [7, 11) is 3.07. The van der Waals surface area contributed by atoms with Gasteiger partial charge in [0, 0.05) is 17.7 Å². The number of halogens is 1. The van der Waals surface area contributed by atoms with E-state index in [1.165, 1.54) is 13.1 Å². The zero-order valence-corrected chi connectivity index (χ0v) is 12.7. The van der Waals surface area contributed by atoms with Gasteiger partial charge in [-0.3, -0.25) is 4.79 Å². The Morgan fingerprint density at radius 1 is 1.32 bits per heavy atom. The molecule has 0 bridgehead atoms. The lowest BCUT2D eigenvalue weighted by atomic mass is 10.1. The van der Waals surface area contributed by atoms with E-state index in [4.69, 9.17) is 15.4 Å². The fourth-order valence-corrected chi connectivity index (χ4v) is 2.86.